The van der Waals surface area contributed by atoms with E-state index in [2.05, 4.69) is 84.9 Å². The Labute approximate surface area is 165 Å². The molecule has 134 valence electrons. The van der Waals surface area contributed by atoms with Crippen LogP contribution in [-0.2, 0) is 6.42 Å². The zero-order chi connectivity index (χ0) is 18.5. The summed E-state index contributed by atoms with van der Waals surface area (Å²) in [5.74, 6) is 0. The number of hydrogen-bond acceptors (Lipinski definition) is 0. The zero-order valence-corrected chi connectivity index (χ0v) is 15.9. The molecule has 0 aliphatic heterocycles. The Balaban J connectivity index is 1.54. The van der Waals surface area contributed by atoms with Crippen molar-refractivity contribution in [1.82, 2.24) is 0 Å². The van der Waals surface area contributed by atoms with Crippen LogP contribution in [0.2, 0.25) is 0 Å². The zero-order valence-electron chi connectivity index (χ0n) is 15.9. The summed E-state index contributed by atoms with van der Waals surface area (Å²) in [6, 6.07) is 27.0. The summed E-state index contributed by atoms with van der Waals surface area (Å²) in [5.41, 5.74) is 8.76. The molecule has 0 saturated carbocycles. The van der Waals surface area contributed by atoms with Gasteiger partial charge in [-0.05, 0) is 81.1 Å². The van der Waals surface area contributed by atoms with Crippen molar-refractivity contribution in [3.05, 3.63) is 102 Å². The largest absolute Gasteiger partial charge is 0.0836 e. The summed E-state index contributed by atoms with van der Waals surface area (Å²) in [7, 11) is 0. The number of fused-ring (bicyclic) bond motifs is 5. The summed E-state index contributed by atoms with van der Waals surface area (Å²) in [6.07, 6.45) is 9.53. The molecule has 6 rings (SSSR count). The first-order valence-electron chi connectivity index (χ1n) is 10.3. The Bertz CT molecular complexity index is 1300. The van der Waals surface area contributed by atoms with Gasteiger partial charge in [0, 0.05) is 0 Å². The molecule has 0 spiro atoms. The highest BCUT2D eigenvalue weighted by Gasteiger charge is 2.20. The minimum atomic E-state index is 1.17. The maximum absolute atomic E-state index is 2.37. The van der Waals surface area contributed by atoms with Crippen LogP contribution in [0.4, 0.5) is 0 Å². The molecule has 0 fully saturated rings. The molecule has 0 bridgehead atoms. The maximum Gasteiger partial charge on any atom is -0.0105 e. The highest BCUT2D eigenvalue weighted by atomic mass is 14.2. The number of rotatable bonds is 1. The highest BCUT2D eigenvalue weighted by molar-refractivity contribution is 6.00. The molecular formula is C28H22. The van der Waals surface area contributed by atoms with Crippen LogP contribution in [0.25, 0.3) is 38.2 Å². The molecule has 0 unspecified atom stereocenters. The van der Waals surface area contributed by atoms with Crippen molar-refractivity contribution >= 4 is 27.1 Å². The number of allylic oxidation sites excluding steroid dienone is 4. The minimum absolute atomic E-state index is 1.17. The fourth-order valence-corrected chi connectivity index (χ4v) is 5.09. The molecule has 2 aliphatic carbocycles. The van der Waals surface area contributed by atoms with Crippen molar-refractivity contribution in [3.63, 3.8) is 0 Å². The monoisotopic (exact) mass is 358 g/mol. The third kappa shape index (κ3) is 2.38. The van der Waals surface area contributed by atoms with Gasteiger partial charge in [-0.25, -0.2) is 0 Å². The lowest BCUT2D eigenvalue weighted by molar-refractivity contribution is 0.831. The molecule has 0 amide bonds. The molecule has 0 aromatic heterocycles. The van der Waals surface area contributed by atoms with Crippen molar-refractivity contribution in [3.8, 4) is 11.1 Å². The van der Waals surface area contributed by atoms with Gasteiger partial charge in [0.2, 0.25) is 0 Å². The van der Waals surface area contributed by atoms with Gasteiger partial charge in [0.1, 0.15) is 0 Å². The van der Waals surface area contributed by atoms with Gasteiger partial charge in [0.15, 0.2) is 0 Å². The lowest BCUT2D eigenvalue weighted by atomic mass is 9.79. The van der Waals surface area contributed by atoms with Gasteiger partial charge in [0.25, 0.3) is 0 Å². The summed E-state index contributed by atoms with van der Waals surface area (Å²) in [5, 5.41) is 5.40. The summed E-state index contributed by atoms with van der Waals surface area (Å²) in [4.78, 5) is 0. The first-order chi connectivity index (χ1) is 13.9. The Morgan fingerprint density at radius 2 is 1.54 bits per heavy atom. The van der Waals surface area contributed by atoms with Crippen molar-refractivity contribution in [2.24, 2.45) is 0 Å². The van der Waals surface area contributed by atoms with Crippen LogP contribution in [0.3, 0.4) is 0 Å². The molecule has 0 heterocycles. The van der Waals surface area contributed by atoms with E-state index in [-0.39, 0.29) is 0 Å². The van der Waals surface area contributed by atoms with Gasteiger partial charge >= 0.3 is 0 Å². The van der Waals surface area contributed by atoms with Gasteiger partial charge < -0.3 is 0 Å². The Morgan fingerprint density at radius 1 is 0.607 bits per heavy atom. The average molecular weight is 358 g/mol. The van der Waals surface area contributed by atoms with Gasteiger partial charge in [-0.3, -0.25) is 0 Å². The van der Waals surface area contributed by atoms with Crippen molar-refractivity contribution in [2.75, 3.05) is 0 Å². The van der Waals surface area contributed by atoms with E-state index in [0.717, 1.165) is 0 Å². The van der Waals surface area contributed by atoms with E-state index in [9.17, 15) is 0 Å². The van der Waals surface area contributed by atoms with Crippen LogP contribution in [-0.4, -0.2) is 0 Å². The topological polar surface area (TPSA) is 0 Å². The van der Waals surface area contributed by atoms with Crippen LogP contribution in [0.15, 0.2) is 90.5 Å². The van der Waals surface area contributed by atoms with Gasteiger partial charge in [0.05, 0.1) is 0 Å². The normalized spacial score (nSPS) is 15.7. The molecule has 0 saturated heterocycles. The van der Waals surface area contributed by atoms with Crippen molar-refractivity contribution < 1.29 is 0 Å². The highest BCUT2D eigenvalue weighted by Crippen LogP contribution is 2.40. The number of benzene rings is 4. The molecule has 2 aliphatic rings. The van der Waals surface area contributed by atoms with Gasteiger partial charge in [-0.2, -0.15) is 0 Å². The first kappa shape index (κ1) is 15.9. The van der Waals surface area contributed by atoms with Crippen LogP contribution < -0.4 is 0 Å². The quantitative estimate of drug-likeness (QED) is 0.327. The SMILES string of the molecule is C1=CC2=C(CC1)CCc1c2ccc2cc(-c3cccc4ccccc34)ccc12. The first-order valence-corrected chi connectivity index (χ1v) is 10.3. The van der Waals surface area contributed by atoms with E-state index < -0.39 is 0 Å². The molecular weight excluding hydrogens is 336 g/mol. The van der Waals surface area contributed by atoms with E-state index >= 15 is 0 Å². The fraction of sp³-hybridized carbons (Fsp3) is 0.143. The Kier molecular flexibility index (Phi) is 3.52. The summed E-state index contributed by atoms with van der Waals surface area (Å²) in [6.45, 7) is 0. The average Bonchev–Trinajstić information content (AvgIpc) is 2.78. The summed E-state index contributed by atoms with van der Waals surface area (Å²) >= 11 is 0. The molecule has 4 aromatic carbocycles. The minimum Gasteiger partial charge on any atom is -0.0836 e. The van der Waals surface area contributed by atoms with E-state index in [0.29, 0.717) is 0 Å². The van der Waals surface area contributed by atoms with E-state index in [1.54, 1.807) is 5.57 Å². The smallest absolute Gasteiger partial charge is 0.0105 e. The predicted octanol–water partition coefficient (Wildman–Crippen LogP) is 7.71. The molecule has 0 heteroatoms. The molecule has 0 atom stereocenters. The van der Waals surface area contributed by atoms with Crippen LogP contribution >= 0.6 is 0 Å². The van der Waals surface area contributed by atoms with E-state index in [1.165, 1.54) is 75.1 Å². The Hall–Kier alpha value is -3.12. The molecule has 0 nitrogen and oxygen atoms in total. The second-order valence-corrected chi connectivity index (χ2v) is 8.01. The van der Waals surface area contributed by atoms with Crippen LogP contribution in [0.1, 0.15) is 30.4 Å². The standard InChI is InChI=1S/C28H22/c1-3-9-23-19(6-1)8-5-11-25(23)21-13-15-26-22(18-21)14-17-27-24-10-4-2-7-20(24)12-16-28(26)27/h1,3-6,8-11,13-15,17-18H,2,7,12,16H2. The van der Waals surface area contributed by atoms with E-state index in [1.807, 2.05) is 0 Å². The van der Waals surface area contributed by atoms with Gasteiger partial charge in [-0.15, -0.1) is 0 Å². The lowest BCUT2D eigenvalue weighted by Gasteiger charge is -2.25. The maximum atomic E-state index is 2.37. The van der Waals surface area contributed by atoms with Gasteiger partial charge in [-0.1, -0.05) is 84.5 Å². The fourth-order valence-electron chi connectivity index (χ4n) is 5.09. The number of aryl methyl sites for hydroxylation is 1. The van der Waals surface area contributed by atoms with E-state index in [4.69, 9.17) is 0 Å². The summed E-state index contributed by atoms with van der Waals surface area (Å²) < 4.78 is 0. The molecule has 4 aromatic rings. The molecule has 0 N–H and O–H groups in total. The third-order valence-corrected chi connectivity index (χ3v) is 6.48. The van der Waals surface area contributed by atoms with Crippen molar-refractivity contribution in [2.45, 2.75) is 25.7 Å². The number of hydrogen-bond donors (Lipinski definition) is 0. The Morgan fingerprint density at radius 3 is 2.54 bits per heavy atom. The lowest BCUT2D eigenvalue weighted by Crippen LogP contribution is -2.07. The second-order valence-electron chi connectivity index (χ2n) is 8.01. The molecule has 0 radical (unpaired) electrons. The second kappa shape index (κ2) is 6.21. The molecule has 28 heavy (non-hydrogen) atoms. The van der Waals surface area contributed by atoms with Crippen LogP contribution in [0, 0.1) is 0 Å². The van der Waals surface area contributed by atoms with Crippen molar-refractivity contribution in [1.29, 1.82) is 0 Å². The predicted molar refractivity (Wildman–Crippen MR) is 121 cm³/mol. The van der Waals surface area contributed by atoms with Crippen LogP contribution in [0.5, 0.6) is 0 Å². The third-order valence-electron chi connectivity index (χ3n) is 6.48.